The Labute approximate surface area is 451 Å². The molecule has 3 heterocycles. The van der Waals surface area contributed by atoms with Crippen LogP contribution in [0, 0.1) is 0 Å². The number of benzene rings is 10. The van der Waals surface area contributed by atoms with Crippen molar-refractivity contribution in [3.63, 3.8) is 0 Å². The number of nitrogens with zero attached hydrogens (tertiary/aromatic N) is 3. The molecule has 0 unspecified atom stereocenters. The Hall–Kier alpha value is -7.30. The van der Waals surface area contributed by atoms with Crippen molar-refractivity contribution < 1.29 is 0 Å². The molecule has 2 aliphatic heterocycles. The number of aromatic nitrogens is 1. The predicted octanol–water partition coefficient (Wildman–Crippen LogP) is 18.3. The molecule has 0 fully saturated rings. The van der Waals surface area contributed by atoms with Crippen molar-refractivity contribution in [3.8, 4) is 5.69 Å². The molecule has 3 nitrogen and oxygen atoms in total. The van der Waals surface area contributed by atoms with E-state index >= 15 is 0 Å². The fourth-order valence-corrected chi connectivity index (χ4v) is 13.0. The minimum absolute atomic E-state index is 0.00782. The van der Waals surface area contributed by atoms with Crippen molar-refractivity contribution in [2.75, 3.05) is 9.80 Å². The number of fused-ring (bicyclic) bond motifs is 9. The van der Waals surface area contributed by atoms with Gasteiger partial charge in [-0.3, -0.25) is 0 Å². The van der Waals surface area contributed by atoms with E-state index in [1.165, 1.54) is 115 Å². The van der Waals surface area contributed by atoms with Gasteiger partial charge in [-0.25, -0.2) is 0 Å². The van der Waals surface area contributed by atoms with Gasteiger partial charge in [0.05, 0.1) is 16.7 Å². The first-order valence-electron chi connectivity index (χ1n) is 27.8. The van der Waals surface area contributed by atoms with Gasteiger partial charge in [-0.2, -0.15) is 0 Å². The summed E-state index contributed by atoms with van der Waals surface area (Å²) in [6, 6.07) is 64.6. The maximum atomic E-state index is 2.71. The fourth-order valence-electron chi connectivity index (χ4n) is 13.0. The van der Waals surface area contributed by atoms with Crippen molar-refractivity contribution in [3.05, 3.63) is 192 Å². The van der Waals surface area contributed by atoms with Crippen LogP contribution in [0.3, 0.4) is 0 Å². The van der Waals surface area contributed by atoms with Crippen LogP contribution in [0.4, 0.5) is 34.1 Å². The summed E-state index contributed by atoms with van der Waals surface area (Å²) >= 11 is 0. The highest BCUT2D eigenvalue weighted by Gasteiger charge is 2.45. The highest BCUT2D eigenvalue weighted by Crippen LogP contribution is 2.50. The van der Waals surface area contributed by atoms with Crippen molar-refractivity contribution in [1.82, 2.24) is 4.57 Å². The van der Waals surface area contributed by atoms with E-state index in [1.54, 1.807) is 0 Å². The second-order valence-electron chi connectivity index (χ2n) is 27.6. The lowest BCUT2D eigenvalue weighted by Crippen LogP contribution is -2.61. The minimum atomic E-state index is -0.0718. The number of hydrogen-bond acceptors (Lipinski definition) is 2. The van der Waals surface area contributed by atoms with Gasteiger partial charge in [-0.15, -0.1) is 0 Å². The predicted molar refractivity (Wildman–Crippen MR) is 332 cm³/mol. The zero-order valence-corrected chi connectivity index (χ0v) is 47.5. The lowest BCUT2D eigenvalue weighted by molar-refractivity contribution is 0.590. The zero-order chi connectivity index (χ0) is 53.3. The van der Waals surface area contributed by atoms with Crippen LogP contribution in [0.15, 0.2) is 164 Å². The van der Waals surface area contributed by atoms with Crippen LogP contribution < -0.4 is 26.2 Å². The molecule has 0 atom stereocenters. The van der Waals surface area contributed by atoms with Crippen LogP contribution in [0.5, 0.6) is 0 Å². The lowest BCUT2D eigenvalue weighted by Gasteiger charge is -2.42. The van der Waals surface area contributed by atoms with E-state index < -0.39 is 0 Å². The average Bonchev–Trinajstić information content (AvgIpc) is 3.90. The summed E-state index contributed by atoms with van der Waals surface area (Å²) in [5.41, 5.74) is 21.4. The smallest absolute Gasteiger partial charge is 0.252 e. The maximum absolute atomic E-state index is 2.71. The van der Waals surface area contributed by atoms with Crippen molar-refractivity contribution in [2.45, 2.75) is 131 Å². The molecule has 0 radical (unpaired) electrons. The van der Waals surface area contributed by atoms with E-state index in [9.17, 15) is 0 Å². The van der Waals surface area contributed by atoms with Gasteiger partial charge in [0.15, 0.2) is 0 Å². The normalized spacial score (nSPS) is 13.9. The van der Waals surface area contributed by atoms with Crippen molar-refractivity contribution >= 4 is 111 Å². The van der Waals surface area contributed by atoms with Crippen molar-refractivity contribution in [2.24, 2.45) is 0 Å². The Morgan fingerprint density at radius 1 is 0.355 bits per heavy atom. The highest BCUT2D eigenvalue weighted by atomic mass is 15.2. The first kappa shape index (κ1) is 48.4. The Bertz CT molecular complexity index is 4080. The summed E-state index contributed by atoms with van der Waals surface area (Å²) in [4.78, 5) is 5.13. The topological polar surface area (TPSA) is 11.4 Å². The molecule has 0 saturated carbocycles. The first-order valence-corrected chi connectivity index (χ1v) is 27.8. The maximum Gasteiger partial charge on any atom is 0.252 e. The standard InChI is InChI=1S/C72H72BN3/c1-68(2,3)45-21-29-50(30-22-45)74(51-31-23-46(24-32-51)69(4,5)6)53-41-60-66-61(42-53)76-59-40-49(72(13,14)15)27-37-54(59)64-55-35-19-43-17-16-18-44-20-36-56(63(55)62(43)44)65(67(64)76)73(66)57-39-48(71(10,11)12)28-38-58(57)75(60)52-33-25-47(26-34-52)70(7,8)9/h16-42H,1-15H3. The van der Waals surface area contributed by atoms with E-state index in [-0.39, 0.29) is 33.8 Å². The number of hydrogen-bond donors (Lipinski definition) is 0. The van der Waals surface area contributed by atoms with E-state index in [0.29, 0.717) is 0 Å². The molecule has 2 aliphatic rings. The van der Waals surface area contributed by atoms with Gasteiger partial charge in [0.25, 0.3) is 6.71 Å². The van der Waals surface area contributed by atoms with Gasteiger partial charge in [0.1, 0.15) is 0 Å². The quantitative estimate of drug-likeness (QED) is 0.129. The number of anilines is 6. The molecule has 0 aliphatic carbocycles. The largest absolute Gasteiger partial charge is 0.311 e. The SMILES string of the molecule is CC(C)(C)c1ccc(N(c2ccc(C(C)(C)C)cc2)c2cc3c4c(c2)-n2c5cc(C(C)(C)C)ccc5c5c6ccc7cccc8ccc(c(c52)B4c2cc(C(C)(C)C)ccc2N3c2ccc(C(C)(C)C)cc2)c6c87)cc1. The third-order valence-corrected chi connectivity index (χ3v) is 17.3. The Kier molecular flexibility index (Phi) is 10.3. The summed E-state index contributed by atoms with van der Waals surface area (Å²) in [6.45, 7) is 34.9. The van der Waals surface area contributed by atoms with E-state index in [1.807, 2.05) is 0 Å². The Morgan fingerprint density at radius 3 is 1.38 bits per heavy atom. The van der Waals surface area contributed by atoms with Crippen LogP contribution in [-0.2, 0) is 27.1 Å². The molecule has 13 rings (SSSR count). The second-order valence-corrected chi connectivity index (χ2v) is 27.6. The molecular formula is C72H72BN3. The third kappa shape index (κ3) is 7.29. The summed E-state index contributed by atoms with van der Waals surface area (Å²) in [5.74, 6) is 0. The molecular weight excluding hydrogens is 918 g/mol. The zero-order valence-electron chi connectivity index (χ0n) is 47.5. The van der Waals surface area contributed by atoms with Gasteiger partial charge < -0.3 is 14.4 Å². The van der Waals surface area contributed by atoms with Crippen LogP contribution >= 0.6 is 0 Å². The minimum Gasteiger partial charge on any atom is -0.311 e. The van der Waals surface area contributed by atoms with E-state index in [0.717, 1.165) is 22.7 Å². The van der Waals surface area contributed by atoms with Crippen LogP contribution in [0.1, 0.15) is 132 Å². The molecule has 0 saturated heterocycles. The van der Waals surface area contributed by atoms with E-state index in [2.05, 4.69) is 282 Å². The van der Waals surface area contributed by atoms with Gasteiger partial charge in [0.2, 0.25) is 0 Å². The van der Waals surface area contributed by atoms with Crippen LogP contribution in [0.2, 0.25) is 0 Å². The van der Waals surface area contributed by atoms with Crippen molar-refractivity contribution in [1.29, 1.82) is 0 Å². The third-order valence-electron chi connectivity index (χ3n) is 17.3. The van der Waals surface area contributed by atoms with Gasteiger partial charge in [-0.05, 0) is 164 Å². The molecule has 10 aromatic carbocycles. The monoisotopic (exact) mass is 990 g/mol. The van der Waals surface area contributed by atoms with Gasteiger partial charge >= 0.3 is 0 Å². The summed E-state index contributed by atoms with van der Waals surface area (Å²) in [5, 5.41) is 10.6. The highest BCUT2D eigenvalue weighted by molar-refractivity contribution is 7.02. The second kappa shape index (κ2) is 16.1. The molecule has 0 bridgehead atoms. The van der Waals surface area contributed by atoms with Crippen LogP contribution in [0.25, 0.3) is 59.8 Å². The number of rotatable bonds is 4. The van der Waals surface area contributed by atoms with Crippen LogP contribution in [-0.4, -0.2) is 11.3 Å². The summed E-state index contributed by atoms with van der Waals surface area (Å²) < 4.78 is 2.71. The molecule has 11 aromatic rings. The molecule has 0 N–H and O–H groups in total. The molecule has 378 valence electrons. The average molecular weight is 990 g/mol. The Morgan fingerprint density at radius 2 is 0.829 bits per heavy atom. The lowest BCUT2D eigenvalue weighted by atomic mass is 9.33. The summed E-state index contributed by atoms with van der Waals surface area (Å²) in [7, 11) is 0. The van der Waals surface area contributed by atoms with E-state index in [4.69, 9.17) is 0 Å². The van der Waals surface area contributed by atoms with Gasteiger partial charge in [-0.1, -0.05) is 207 Å². The molecule has 4 heteroatoms. The molecule has 1 aromatic heterocycles. The molecule has 0 amide bonds. The molecule has 0 spiro atoms. The first-order chi connectivity index (χ1) is 35.9. The Balaban J connectivity index is 1.23. The van der Waals surface area contributed by atoms with Gasteiger partial charge in [0, 0.05) is 44.9 Å². The fraction of sp³-hybridized carbons (Fsp3) is 0.278. The molecule has 76 heavy (non-hydrogen) atoms. The summed E-state index contributed by atoms with van der Waals surface area (Å²) in [6.07, 6.45) is 0.